The second-order valence-corrected chi connectivity index (χ2v) is 7.98. The number of aromatic amines is 1. The van der Waals surface area contributed by atoms with Crippen LogP contribution in [0.5, 0.6) is 0 Å². The van der Waals surface area contributed by atoms with Crippen LogP contribution in [-0.2, 0) is 5.41 Å². The summed E-state index contributed by atoms with van der Waals surface area (Å²) in [6.07, 6.45) is 0. The van der Waals surface area contributed by atoms with Gasteiger partial charge in [0.1, 0.15) is 11.5 Å². The molecule has 1 amide bonds. The molecule has 1 saturated heterocycles. The molecule has 1 aromatic heterocycles. The van der Waals surface area contributed by atoms with E-state index in [4.69, 9.17) is 0 Å². The average Bonchev–Trinajstić information content (AvgIpc) is 3.11. The van der Waals surface area contributed by atoms with Crippen LogP contribution in [0.1, 0.15) is 55.5 Å². The number of halogens is 1. The minimum absolute atomic E-state index is 0.0326. The van der Waals surface area contributed by atoms with Crippen molar-refractivity contribution in [3.63, 3.8) is 0 Å². The van der Waals surface area contributed by atoms with E-state index in [1.807, 2.05) is 17.0 Å². The number of carbonyl (C=O) groups excluding carboxylic acids is 1. The van der Waals surface area contributed by atoms with E-state index < -0.39 is 0 Å². The Hall–Kier alpha value is -2.21. The average molecular weight is 358 g/mol. The molecule has 0 bridgehead atoms. The summed E-state index contributed by atoms with van der Waals surface area (Å²) in [5.41, 5.74) is 2.33. The Morgan fingerprint density at radius 1 is 1.19 bits per heavy atom. The summed E-state index contributed by atoms with van der Waals surface area (Å²) in [5, 5.41) is 7.17. The van der Waals surface area contributed by atoms with E-state index in [2.05, 4.69) is 42.8 Å². The minimum Gasteiger partial charge on any atom is -0.335 e. The van der Waals surface area contributed by atoms with Crippen molar-refractivity contribution in [2.45, 2.75) is 39.2 Å². The third-order valence-electron chi connectivity index (χ3n) is 5.09. The number of piperazine rings is 1. The molecule has 1 aliphatic rings. The van der Waals surface area contributed by atoms with E-state index in [0.717, 1.165) is 24.3 Å². The number of nitrogens with one attached hydrogen (secondary N) is 1. The van der Waals surface area contributed by atoms with Gasteiger partial charge in [-0.3, -0.25) is 14.8 Å². The maximum absolute atomic E-state index is 13.5. The van der Waals surface area contributed by atoms with E-state index in [0.29, 0.717) is 18.8 Å². The second kappa shape index (κ2) is 7.19. The van der Waals surface area contributed by atoms with Crippen LogP contribution in [0.15, 0.2) is 30.3 Å². The van der Waals surface area contributed by atoms with Crippen molar-refractivity contribution in [1.29, 1.82) is 0 Å². The lowest BCUT2D eigenvalue weighted by atomic mass is 9.92. The van der Waals surface area contributed by atoms with Crippen LogP contribution in [-0.4, -0.2) is 52.1 Å². The normalized spacial score (nSPS) is 17.3. The van der Waals surface area contributed by atoms with Gasteiger partial charge in [0.25, 0.3) is 5.91 Å². The van der Waals surface area contributed by atoms with Gasteiger partial charge < -0.3 is 4.90 Å². The van der Waals surface area contributed by atoms with Gasteiger partial charge in [-0.15, -0.1) is 0 Å². The molecule has 6 heteroatoms. The summed E-state index contributed by atoms with van der Waals surface area (Å²) in [5.74, 6) is -0.244. The molecule has 26 heavy (non-hydrogen) atoms. The van der Waals surface area contributed by atoms with Gasteiger partial charge in [0.05, 0.1) is 0 Å². The number of carbonyl (C=O) groups is 1. The number of rotatable bonds is 3. The standard InChI is InChI=1S/C20H27FN4O/c1-14(15-6-5-7-16(21)12-15)24-8-10-25(11-9-24)19(26)17-13-18(23-22-17)20(2,3)4/h5-7,12-14H,8-11H2,1-4H3,(H,22,23)/t14-/m0/s1. The van der Waals surface area contributed by atoms with E-state index in [-0.39, 0.29) is 23.2 Å². The Kier molecular flexibility index (Phi) is 5.14. The molecule has 140 valence electrons. The highest BCUT2D eigenvalue weighted by Gasteiger charge is 2.27. The second-order valence-electron chi connectivity index (χ2n) is 7.98. The summed E-state index contributed by atoms with van der Waals surface area (Å²) < 4.78 is 13.5. The van der Waals surface area contributed by atoms with Gasteiger partial charge in [0, 0.05) is 43.3 Å². The first-order chi connectivity index (χ1) is 12.3. The first-order valence-electron chi connectivity index (χ1n) is 9.10. The number of aromatic nitrogens is 2. The molecule has 3 rings (SSSR count). The smallest absolute Gasteiger partial charge is 0.274 e. The van der Waals surface area contributed by atoms with Crippen molar-refractivity contribution >= 4 is 5.91 Å². The lowest BCUT2D eigenvalue weighted by molar-refractivity contribution is 0.0576. The molecule has 0 unspecified atom stereocenters. The predicted octanol–water partition coefficient (Wildman–Crippen LogP) is 3.37. The van der Waals surface area contributed by atoms with Crippen molar-refractivity contribution < 1.29 is 9.18 Å². The highest BCUT2D eigenvalue weighted by molar-refractivity contribution is 5.92. The molecule has 5 nitrogen and oxygen atoms in total. The number of H-pyrrole nitrogens is 1. The molecule has 0 spiro atoms. The van der Waals surface area contributed by atoms with E-state index in [1.165, 1.54) is 6.07 Å². The topological polar surface area (TPSA) is 52.2 Å². The molecule has 0 saturated carbocycles. The number of nitrogens with zero attached hydrogens (tertiary/aromatic N) is 3. The Morgan fingerprint density at radius 2 is 1.88 bits per heavy atom. The van der Waals surface area contributed by atoms with Crippen LogP contribution < -0.4 is 0 Å². The van der Waals surface area contributed by atoms with Crippen LogP contribution >= 0.6 is 0 Å². The lowest BCUT2D eigenvalue weighted by Gasteiger charge is -2.38. The van der Waals surface area contributed by atoms with Crippen LogP contribution in [0.3, 0.4) is 0 Å². The Balaban J connectivity index is 1.61. The minimum atomic E-state index is -0.212. The fourth-order valence-electron chi connectivity index (χ4n) is 3.27. The van der Waals surface area contributed by atoms with Gasteiger partial charge in [0.15, 0.2) is 0 Å². The Bertz CT molecular complexity index is 772. The predicted molar refractivity (Wildman–Crippen MR) is 99.6 cm³/mol. The first-order valence-corrected chi connectivity index (χ1v) is 9.10. The van der Waals surface area contributed by atoms with Gasteiger partial charge in [-0.1, -0.05) is 32.9 Å². The number of benzene rings is 1. The first kappa shape index (κ1) is 18.6. The monoisotopic (exact) mass is 358 g/mol. The quantitative estimate of drug-likeness (QED) is 0.915. The molecule has 0 radical (unpaired) electrons. The third kappa shape index (κ3) is 3.96. The number of amides is 1. The van der Waals surface area contributed by atoms with Crippen molar-refractivity contribution in [2.75, 3.05) is 26.2 Å². The molecule has 1 aliphatic heterocycles. The number of hydrogen-bond donors (Lipinski definition) is 1. The van der Waals surface area contributed by atoms with Crippen LogP contribution in [0.4, 0.5) is 4.39 Å². The van der Waals surface area contributed by atoms with Crippen molar-refractivity contribution in [3.05, 3.63) is 53.1 Å². The van der Waals surface area contributed by atoms with Crippen molar-refractivity contribution in [1.82, 2.24) is 20.0 Å². The zero-order valence-corrected chi connectivity index (χ0v) is 15.9. The van der Waals surface area contributed by atoms with Crippen molar-refractivity contribution in [3.8, 4) is 0 Å². The summed E-state index contributed by atoms with van der Waals surface area (Å²) in [6, 6.07) is 8.71. The molecular formula is C20H27FN4O. The summed E-state index contributed by atoms with van der Waals surface area (Å²) in [6.45, 7) is 11.2. The summed E-state index contributed by atoms with van der Waals surface area (Å²) >= 11 is 0. The maximum Gasteiger partial charge on any atom is 0.274 e. The maximum atomic E-state index is 13.5. The van der Waals surface area contributed by atoms with Gasteiger partial charge in [-0.05, 0) is 30.7 Å². The van der Waals surface area contributed by atoms with Crippen LogP contribution in [0.2, 0.25) is 0 Å². The highest BCUT2D eigenvalue weighted by Crippen LogP contribution is 2.24. The Morgan fingerprint density at radius 3 is 2.46 bits per heavy atom. The van der Waals surface area contributed by atoms with Gasteiger partial charge in [-0.25, -0.2) is 4.39 Å². The van der Waals surface area contributed by atoms with E-state index in [1.54, 1.807) is 12.1 Å². The molecule has 1 N–H and O–H groups in total. The molecule has 2 heterocycles. The molecule has 1 aromatic carbocycles. The van der Waals surface area contributed by atoms with E-state index >= 15 is 0 Å². The zero-order chi connectivity index (χ0) is 18.9. The Labute approximate surface area is 154 Å². The molecule has 0 aliphatic carbocycles. The summed E-state index contributed by atoms with van der Waals surface area (Å²) in [7, 11) is 0. The lowest BCUT2D eigenvalue weighted by Crippen LogP contribution is -2.49. The number of hydrogen-bond acceptors (Lipinski definition) is 3. The van der Waals surface area contributed by atoms with E-state index in [9.17, 15) is 9.18 Å². The van der Waals surface area contributed by atoms with Crippen LogP contribution in [0, 0.1) is 5.82 Å². The zero-order valence-electron chi connectivity index (χ0n) is 15.9. The fourth-order valence-corrected chi connectivity index (χ4v) is 3.27. The summed E-state index contributed by atoms with van der Waals surface area (Å²) in [4.78, 5) is 16.8. The fraction of sp³-hybridized carbons (Fsp3) is 0.500. The van der Waals surface area contributed by atoms with Crippen molar-refractivity contribution in [2.24, 2.45) is 0 Å². The SMILES string of the molecule is C[C@@H](c1cccc(F)c1)N1CCN(C(=O)c2cc(C(C)(C)C)[nH]n2)CC1. The van der Waals surface area contributed by atoms with Crippen LogP contribution in [0.25, 0.3) is 0 Å². The van der Waals surface area contributed by atoms with Gasteiger partial charge >= 0.3 is 0 Å². The highest BCUT2D eigenvalue weighted by atomic mass is 19.1. The molecule has 1 fully saturated rings. The molecular weight excluding hydrogens is 331 g/mol. The van der Waals surface area contributed by atoms with Gasteiger partial charge in [0.2, 0.25) is 0 Å². The third-order valence-corrected chi connectivity index (χ3v) is 5.09. The van der Waals surface area contributed by atoms with Gasteiger partial charge in [-0.2, -0.15) is 5.10 Å². The molecule has 1 atom stereocenters. The molecule has 2 aromatic rings. The largest absolute Gasteiger partial charge is 0.335 e.